The number of carbonyl (C=O) groups is 2. The third-order valence-electron chi connectivity index (χ3n) is 4.92. The predicted molar refractivity (Wildman–Crippen MR) is 98.6 cm³/mol. The van der Waals surface area contributed by atoms with Gasteiger partial charge >= 0.3 is 0 Å². The third kappa shape index (κ3) is 3.60. The summed E-state index contributed by atoms with van der Waals surface area (Å²) in [5.41, 5.74) is 1.83. The monoisotopic (exact) mass is 358 g/mol. The molecular weight excluding hydrogens is 332 g/mol. The molecule has 1 aromatic rings. The van der Waals surface area contributed by atoms with Crippen LogP contribution in [0.2, 0.25) is 0 Å². The summed E-state index contributed by atoms with van der Waals surface area (Å²) < 4.78 is 10.3. The first-order valence-electron chi connectivity index (χ1n) is 9.16. The number of hydrogen-bond acceptors (Lipinski definition) is 5. The largest absolute Gasteiger partial charge is 0.497 e. The summed E-state index contributed by atoms with van der Waals surface area (Å²) in [7, 11) is 3.23. The Morgan fingerprint density at radius 2 is 1.65 bits per heavy atom. The fraction of sp³-hybridized carbons (Fsp3) is 0.500. The molecule has 6 nitrogen and oxygen atoms in total. The highest BCUT2D eigenvalue weighted by atomic mass is 16.5. The zero-order valence-corrected chi connectivity index (χ0v) is 15.5. The smallest absolute Gasteiger partial charge is 0.277 e. The van der Waals surface area contributed by atoms with Gasteiger partial charge in [-0.2, -0.15) is 0 Å². The first-order chi connectivity index (χ1) is 12.7. The fourth-order valence-corrected chi connectivity index (χ4v) is 3.56. The Kier molecular flexibility index (Phi) is 5.93. The van der Waals surface area contributed by atoms with Crippen LogP contribution in [-0.4, -0.2) is 62.1 Å². The van der Waals surface area contributed by atoms with Crippen molar-refractivity contribution in [2.24, 2.45) is 0 Å². The van der Waals surface area contributed by atoms with Gasteiger partial charge in [-0.3, -0.25) is 14.5 Å². The molecule has 0 unspecified atom stereocenters. The minimum atomic E-state index is -0.211. The van der Waals surface area contributed by atoms with Gasteiger partial charge in [-0.15, -0.1) is 0 Å². The van der Waals surface area contributed by atoms with Crippen LogP contribution in [-0.2, 0) is 14.3 Å². The number of imide groups is 1. The van der Waals surface area contributed by atoms with Gasteiger partial charge in [0.25, 0.3) is 11.8 Å². The molecule has 1 aromatic carbocycles. The second kappa shape index (κ2) is 8.36. The summed E-state index contributed by atoms with van der Waals surface area (Å²) >= 11 is 0. The number of rotatable bonds is 7. The molecule has 0 saturated carbocycles. The van der Waals surface area contributed by atoms with Crippen molar-refractivity contribution in [3.63, 3.8) is 0 Å². The fourth-order valence-electron chi connectivity index (χ4n) is 3.56. The molecule has 0 aromatic heterocycles. The lowest BCUT2D eigenvalue weighted by atomic mass is 10.0. The van der Waals surface area contributed by atoms with Crippen LogP contribution in [0.1, 0.15) is 31.2 Å². The molecule has 0 N–H and O–H groups in total. The second-order valence-electron chi connectivity index (χ2n) is 6.61. The van der Waals surface area contributed by atoms with Crippen LogP contribution in [0.4, 0.5) is 0 Å². The number of piperidine rings is 1. The van der Waals surface area contributed by atoms with Crippen molar-refractivity contribution in [1.82, 2.24) is 9.80 Å². The molecule has 26 heavy (non-hydrogen) atoms. The maximum atomic E-state index is 13.1. The molecule has 0 spiro atoms. The average molecular weight is 358 g/mol. The van der Waals surface area contributed by atoms with Crippen LogP contribution in [0.5, 0.6) is 5.75 Å². The van der Waals surface area contributed by atoms with Crippen LogP contribution in [0.25, 0.3) is 5.57 Å². The number of amides is 2. The van der Waals surface area contributed by atoms with Crippen molar-refractivity contribution in [2.75, 3.05) is 40.5 Å². The highest BCUT2D eigenvalue weighted by molar-refractivity contribution is 6.35. The van der Waals surface area contributed by atoms with Crippen LogP contribution in [0.3, 0.4) is 0 Å². The van der Waals surface area contributed by atoms with Crippen molar-refractivity contribution in [3.05, 3.63) is 35.5 Å². The number of methoxy groups -OCH3 is 2. The number of nitrogens with zero attached hydrogens (tertiary/aromatic N) is 2. The summed E-state index contributed by atoms with van der Waals surface area (Å²) in [5, 5.41) is 0. The topological polar surface area (TPSA) is 59.1 Å². The van der Waals surface area contributed by atoms with E-state index < -0.39 is 0 Å². The van der Waals surface area contributed by atoms with Gasteiger partial charge in [0, 0.05) is 33.4 Å². The molecule has 140 valence electrons. The van der Waals surface area contributed by atoms with Crippen molar-refractivity contribution >= 4 is 17.4 Å². The molecule has 0 radical (unpaired) electrons. The molecule has 2 heterocycles. The van der Waals surface area contributed by atoms with Gasteiger partial charge in [0.15, 0.2) is 0 Å². The van der Waals surface area contributed by atoms with E-state index in [1.165, 1.54) is 11.3 Å². The molecule has 1 saturated heterocycles. The summed E-state index contributed by atoms with van der Waals surface area (Å²) in [6.45, 7) is 2.54. The number of hydrogen-bond donors (Lipinski definition) is 0. The normalized spacial score (nSPS) is 18.1. The Morgan fingerprint density at radius 3 is 2.27 bits per heavy atom. The van der Waals surface area contributed by atoms with Gasteiger partial charge in [-0.05, 0) is 43.4 Å². The summed E-state index contributed by atoms with van der Waals surface area (Å²) in [6, 6.07) is 7.34. The van der Waals surface area contributed by atoms with E-state index in [1.54, 1.807) is 14.2 Å². The molecule has 0 atom stereocenters. The van der Waals surface area contributed by atoms with E-state index in [-0.39, 0.29) is 11.8 Å². The van der Waals surface area contributed by atoms with E-state index in [1.807, 2.05) is 24.3 Å². The third-order valence-corrected chi connectivity index (χ3v) is 4.92. The maximum Gasteiger partial charge on any atom is 0.277 e. The molecule has 2 aliphatic heterocycles. The van der Waals surface area contributed by atoms with Gasteiger partial charge in [-0.25, -0.2) is 0 Å². The lowest BCUT2D eigenvalue weighted by molar-refractivity contribution is -0.137. The summed E-state index contributed by atoms with van der Waals surface area (Å²) in [6.07, 6.45) is 3.90. The molecule has 2 aliphatic rings. The van der Waals surface area contributed by atoms with Crippen molar-refractivity contribution in [3.8, 4) is 5.75 Å². The van der Waals surface area contributed by atoms with E-state index in [0.29, 0.717) is 30.8 Å². The van der Waals surface area contributed by atoms with Crippen LogP contribution in [0, 0.1) is 0 Å². The van der Waals surface area contributed by atoms with Gasteiger partial charge in [0.05, 0.1) is 12.7 Å². The standard InChI is InChI=1S/C20H26N2O4/c1-25-14-6-13-22-19(23)17(15-7-9-16(26-2)10-8-15)18(20(22)24)21-11-4-3-5-12-21/h7-10H,3-6,11-14H2,1-2H3. The molecule has 3 rings (SSSR count). The molecular formula is C20H26N2O4. The second-order valence-corrected chi connectivity index (χ2v) is 6.61. The molecule has 0 aliphatic carbocycles. The zero-order valence-electron chi connectivity index (χ0n) is 15.5. The lowest BCUT2D eigenvalue weighted by Crippen LogP contribution is -2.37. The SMILES string of the molecule is COCCCN1C(=O)C(c2ccc(OC)cc2)=C(N2CCCCC2)C1=O. The highest BCUT2D eigenvalue weighted by Crippen LogP contribution is 2.33. The molecule has 0 bridgehead atoms. The molecule has 1 fully saturated rings. The molecule has 6 heteroatoms. The van der Waals surface area contributed by atoms with Gasteiger partial charge in [0.1, 0.15) is 11.4 Å². The zero-order chi connectivity index (χ0) is 18.5. The van der Waals surface area contributed by atoms with Crippen LogP contribution >= 0.6 is 0 Å². The highest BCUT2D eigenvalue weighted by Gasteiger charge is 2.41. The minimum absolute atomic E-state index is 0.182. The van der Waals surface area contributed by atoms with Gasteiger partial charge < -0.3 is 14.4 Å². The van der Waals surface area contributed by atoms with Crippen molar-refractivity contribution in [1.29, 1.82) is 0 Å². The number of ether oxygens (including phenoxy) is 2. The number of carbonyl (C=O) groups excluding carboxylic acids is 2. The number of likely N-dealkylation sites (tertiary alicyclic amines) is 1. The predicted octanol–water partition coefficient (Wildman–Crippen LogP) is 2.30. The average Bonchev–Trinajstić information content (AvgIpc) is 2.93. The minimum Gasteiger partial charge on any atom is -0.497 e. The van der Waals surface area contributed by atoms with Crippen LogP contribution in [0.15, 0.2) is 30.0 Å². The Bertz CT molecular complexity index is 690. The first kappa shape index (κ1) is 18.5. The summed E-state index contributed by atoms with van der Waals surface area (Å²) in [4.78, 5) is 29.6. The Balaban J connectivity index is 1.95. The van der Waals surface area contributed by atoms with Crippen molar-refractivity contribution < 1.29 is 19.1 Å². The van der Waals surface area contributed by atoms with E-state index in [0.717, 1.165) is 37.2 Å². The Hall–Kier alpha value is -2.34. The van der Waals surface area contributed by atoms with Gasteiger partial charge in [-0.1, -0.05) is 12.1 Å². The van der Waals surface area contributed by atoms with E-state index in [4.69, 9.17) is 9.47 Å². The quantitative estimate of drug-likeness (QED) is 0.553. The first-order valence-corrected chi connectivity index (χ1v) is 9.16. The van der Waals surface area contributed by atoms with Crippen molar-refractivity contribution in [2.45, 2.75) is 25.7 Å². The van der Waals surface area contributed by atoms with E-state index >= 15 is 0 Å². The summed E-state index contributed by atoms with van der Waals surface area (Å²) in [5.74, 6) is 0.332. The van der Waals surface area contributed by atoms with Gasteiger partial charge in [0.2, 0.25) is 0 Å². The van der Waals surface area contributed by atoms with E-state index in [2.05, 4.69) is 4.90 Å². The van der Waals surface area contributed by atoms with E-state index in [9.17, 15) is 9.59 Å². The molecule has 2 amide bonds. The Morgan fingerprint density at radius 1 is 0.962 bits per heavy atom. The lowest BCUT2D eigenvalue weighted by Gasteiger charge is -2.29. The maximum absolute atomic E-state index is 13.1. The Labute approximate surface area is 154 Å². The van der Waals surface area contributed by atoms with Crippen LogP contribution < -0.4 is 4.74 Å². The number of benzene rings is 1.